The zero-order chi connectivity index (χ0) is 15.3. The highest BCUT2D eigenvalue weighted by Gasteiger charge is 2.37. The molecular formula is C16H26N4O. The van der Waals surface area contributed by atoms with Gasteiger partial charge in [0.1, 0.15) is 5.82 Å². The third-order valence-electron chi connectivity index (χ3n) is 4.19. The molecule has 1 fully saturated rings. The van der Waals surface area contributed by atoms with Gasteiger partial charge in [0, 0.05) is 24.3 Å². The van der Waals surface area contributed by atoms with Crippen molar-refractivity contribution in [1.29, 1.82) is 0 Å². The van der Waals surface area contributed by atoms with Crippen LogP contribution in [0, 0.1) is 12.8 Å². The Morgan fingerprint density at radius 3 is 2.95 bits per heavy atom. The molecule has 4 N–H and O–H groups in total. The van der Waals surface area contributed by atoms with Crippen molar-refractivity contribution in [3.63, 3.8) is 0 Å². The number of nitrogens with one attached hydrogen (secondary N) is 2. The lowest BCUT2D eigenvalue weighted by Gasteiger charge is -2.37. The van der Waals surface area contributed by atoms with Gasteiger partial charge in [-0.3, -0.25) is 4.79 Å². The van der Waals surface area contributed by atoms with E-state index in [4.69, 9.17) is 5.73 Å². The zero-order valence-corrected chi connectivity index (χ0v) is 13.0. The molecule has 1 saturated carbocycles. The number of aryl methyl sites for hydroxylation is 1. The van der Waals surface area contributed by atoms with E-state index in [1.54, 1.807) is 0 Å². The first-order valence-electron chi connectivity index (χ1n) is 7.73. The van der Waals surface area contributed by atoms with Gasteiger partial charge in [-0.2, -0.15) is 0 Å². The standard InChI is InChI=1S/C16H26N4O/c1-12-6-5-8-14(20-12)18-10-11-19-15(21)13-7-3-4-9-16(13,2)17/h5-6,8,13H,3-4,7,9-11,17H2,1-2H3,(H,18,20)(H,19,21). The minimum Gasteiger partial charge on any atom is -0.368 e. The Morgan fingerprint density at radius 2 is 2.24 bits per heavy atom. The van der Waals surface area contributed by atoms with Gasteiger partial charge >= 0.3 is 0 Å². The molecule has 0 spiro atoms. The molecule has 21 heavy (non-hydrogen) atoms. The molecule has 1 amide bonds. The van der Waals surface area contributed by atoms with E-state index in [9.17, 15) is 4.79 Å². The van der Waals surface area contributed by atoms with Gasteiger partial charge in [0.05, 0.1) is 5.92 Å². The maximum Gasteiger partial charge on any atom is 0.225 e. The average Bonchev–Trinajstić information content (AvgIpc) is 2.43. The molecule has 0 bridgehead atoms. The summed E-state index contributed by atoms with van der Waals surface area (Å²) in [6, 6.07) is 5.84. The van der Waals surface area contributed by atoms with E-state index in [-0.39, 0.29) is 17.4 Å². The van der Waals surface area contributed by atoms with Crippen molar-refractivity contribution in [2.24, 2.45) is 11.7 Å². The Labute approximate surface area is 126 Å². The topological polar surface area (TPSA) is 80.0 Å². The van der Waals surface area contributed by atoms with Crippen LogP contribution >= 0.6 is 0 Å². The fourth-order valence-electron chi connectivity index (χ4n) is 2.93. The van der Waals surface area contributed by atoms with E-state index >= 15 is 0 Å². The first-order valence-corrected chi connectivity index (χ1v) is 7.73. The lowest BCUT2D eigenvalue weighted by Crippen LogP contribution is -2.53. The van der Waals surface area contributed by atoms with Crippen molar-refractivity contribution in [2.45, 2.75) is 45.1 Å². The van der Waals surface area contributed by atoms with Crippen LogP contribution in [-0.4, -0.2) is 29.5 Å². The molecule has 116 valence electrons. The van der Waals surface area contributed by atoms with E-state index < -0.39 is 0 Å². The molecular weight excluding hydrogens is 264 g/mol. The Bertz CT molecular complexity index is 487. The van der Waals surface area contributed by atoms with Gasteiger partial charge in [-0.15, -0.1) is 0 Å². The predicted octanol–water partition coefficient (Wildman–Crippen LogP) is 1.83. The Kier molecular flexibility index (Phi) is 5.17. The Morgan fingerprint density at radius 1 is 1.43 bits per heavy atom. The van der Waals surface area contributed by atoms with Crippen LogP contribution in [0.3, 0.4) is 0 Å². The van der Waals surface area contributed by atoms with Crippen molar-refractivity contribution >= 4 is 11.7 Å². The number of carbonyl (C=O) groups is 1. The summed E-state index contributed by atoms with van der Waals surface area (Å²) in [4.78, 5) is 16.6. The van der Waals surface area contributed by atoms with Crippen molar-refractivity contribution in [3.05, 3.63) is 23.9 Å². The fraction of sp³-hybridized carbons (Fsp3) is 0.625. The maximum absolute atomic E-state index is 12.2. The van der Waals surface area contributed by atoms with Crippen molar-refractivity contribution in [1.82, 2.24) is 10.3 Å². The predicted molar refractivity (Wildman–Crippen MR) is 85.0 cm³/mol. The van der Waals surface area contributed by atoms with Crippen LogP contribution in [0.15, 0.2) is 18.2 Å². The number of carbonyl (C=O) groups excluding carboxylic acids is 1. The number of nitrogens with zero attached hydrogens (tertiary/aromatic N) is 1. The molecule has 5 nitrogen and oxygen atoms in total. The second-order valence-electron chi connectivity index (χ2n) is 6.19. The number of aromatic nitrogens is 1. The van der Waals surface area contributed by atoms with Gasteiger partial charge < -0.3 is 16.4 Å². The number of amides is 1. The van der Waals surface area contributed by atoms with Gasteiger partial charge in [0.15, 0.2) is 0 Å². The minimum absolute atomic E-state index is 0.0663. The van der Waals surface area contributed by atoms with Gasteiger partial charge in [0.25, 0.3) is 0 Å². The van der Waals surface area contributed by atoms with Crippen LogP contribution in [0.4, 0.5) is 5.82 Å². The van der Waals surface area contributed by atoms with Crippen LogP contribution < -0.4 is 16.4 Å². The van der Waals surface area contributed by atoms with Crippen molar-refractivity contribution in [3.8, 4) is 0 Å². The molecule has 0 aliphatic heterocycles. The molecule has 1 aromatic rings. The fourth-order valence-corrected chi connectivity index (χ4v) is 2.93. The number of hydrogen-bond acceptors (Lipinski definition) is 4. The molecule has 1 aliphatic carbocycles. The number of hydrogen-bond donors (Lipinski definition) is 3. The zero-order valence-electron chi connectivity index (χ0n) is 13.0. The van der Waals surface area contributed by atoms with Gasteiger partial charge in [-0.05, 0) is 38.8 Å². The largest absolute Gasteiger partial charge is 0.368 e. The summed E-state index contributed by atoms with van der Waals surface area (Å²) in [6.07, 6.45) is 4.04. The molecule has 2 atom stereocenters. The van der Waals surface area contributed by atoms with Gasteiger partial charge in [0.2, 0.25) is 5.91 Å². The SMILES string of the molecule is Cc1cccc(NCCNC(=O)C2CCCCC2(C)N)n1. The lowest BCUT2D eigenvalue weighted by molar-refractivity contribution is -0.128. The summed E-state index contributed by atoms with van der Waals surface area (Å²) in [5.41, 5.74) is 6.86. The van der Waals surface area contributed by atoms with E-state index in [1.165, 1.54) is 0 Å². The summed E-state index contributed by atoms with van der Waals surface area (Å²) in [6.45, 7) is 5.20. The second kappa shape index (κ2) is 6.89. The molecule has 1 aliphatic rings. The average molecular weight is 290 g/mol. The quantitative estimate of drug-likeness (QED) is 0.723. The third kappa shape index (κ3) is 4.43. The van der Waals surface area contributed by atoms with Crippen LogP contribution in [0.1, 0.15) is 38.3 Å². The summed E-state index contributed by atoms with van der Waals surface area (Å²) in [5.74, 6) is 0.854. The first-order chi connectivity index (χ1) is 9.99. The molecule has 2 unspecified atom stereocenters. The minimum atomic E-state index is -0.367. The lowest BCUT2D eigenvalue weighted by atomic mass is 9.74. The summed E-state index contributed by atoms with van der Waals surface area (Å²) in [5, 5.41) is 6.19. The highest BCUT2D eigenvalue weighted by Crippen LogP contribution is 2.31. The Balaban J connectivity index is 1.74. The van der Waals surface area contributed by atoms with Crippen LogP contribution in [0.2, 0.25) is 0 Å². The third-order valence-corrected chi connectivity index (χ3v) is 4.19. The van der Waals surface area contributed by atoms with E-state index in [2.05, 4.69) is 15.6 Å². The molecule has 2 rings (SSSR count). The van der Waals surface area contributed by atoms with E-state index in [1.807, 2.05) is 32.0 Å². The highest BCUT2D eigenvalue weighted by molar-refractivity contribution is 5.80. The molecule has 0 saturated heterocycles. The van der Waals surface area contributed by atoms with Crippen LogP contribution in [-0.2, 0) is 4.79 Å². The van der Waals surface area contributed by atoms with Crippen LogP contribution in [0.5, 0.6) is 0 Å². The van der Waals surface area contributed by atoms with E-state index in [0.29, 0.717) is 13.1 Å². The molecule has 1 heterocycles. The normalized spacial score (nSPS) is 25.4. The highest BCUT2D eigenvalue weighted by atomic mass is 16.1. The monoisotopic (exact) mass is 290 g/mol. The molecule has 1 aromatic heterocycles. The van der Waals surface area contributed by atoms with Gasteiger partial charge in [-0.25, -0.2) is 4.98 Å². The number of pyridine rings is 1. The molecule has 5 heteroatoms. The van der Waals surface area contributed by atoms with Gasteiger partial charge in [-0.1, -0.05) is 18.9 Å². The Hall–Kier alpha value is -1.62. The number of anilines is 1. The second-order valence-corrected chi connectivity index (χ2v) is 6.19. The van der Waals surface area contributed by atoms with E-state index in [0.717, 1.165) is 37.2 Å². The maximum atomic E-state index is 12.2. The summed E-state index contributed by atoms with van der Waals surface area (Å²) in [7, 11) is 0. The molecule has 0 radical (unpaired) electrons. The molecule has 0 aromatic carbocycles. The van der Waals surface area contributed by atoms with Crippen molar-refractivity contribution in [2.75, 3.05) is 18.4 Å². The smallest absolute Gasteiger partial charge is 0.225 e. The first kappa shape index (κ1) is 15.8. The van der Waals surface area contributed by atoms with Crippen molar-refractivity contribution < 1.29 is 4.79 Å². The van der Waals surface area contributed by atoms with Crippen LogP contribution in [0.25, 0.3) is 0 Å². The number of rotatable bonds is 5. The summed E-state index contributed by atoms with van der Waals surface area (Å²) < 4.78 is 0. The summed E-state index contributed by atoms with van der Waals surface area (Å²) >= 11 is 0. The number of nitrogens with two attached hydrogens (primary N) is 1.